The summed E-state index contributed by atoms with van der Waals surface area (Å²) in [7, 11) is 0. The van der Waals surface area contributed by atoms with Crippen molar-refractivity contribution < 1.29 is 0 Å². The van der Waals surface area contributed by atoms with Gasteiger partial charge in [-0.2, -0.15) is 4.98 Å². The Morgan fingerprint density at radius 3 is 2.58 bits per heavy atom. The first-order chi connectivity index (χ1) is 11.8. The maximum Gasteiger partial charge on any atom is 0.225 e. The average Bonchev–Trinajstić information content (AvgIpc) is 2.63. The van der Waals surface area contributed by atoms with Crippen LogP contribution in [0.4, 0.5) is 11.8 Å². The molecule has 1 aliphatic rings. The number of hydrogen-bond acceptors (Lipinski definition) is 4. The van der Waals surface area contributed by atoms with Crippen LogP contribution in [0.15, 0.2) is 36.4 Å². The van der Waals surface area contributed by atoms with Crippen molar-refractivity contribution >= 4 is 11.8 Å². The number of unbranched alkanes of at least 4 members (excludes halogenated alkanes) is 1. The molecule has 4 heteroatoms. The fraction of sp³-hybridized carbons (Fsp3) is 0.500. The number of nitrogens with one attached hydrogen (secondary N) is 2. The highest BCUT2D eigenvalue weighted by Crippen LogP contribution is 2.24. The summed E-state index contributed by atoms with van der Waals surface area (Å²) in [5, 5.41) is 7.00. The Balaban J connectivity index is 1.81. The molecule has 0 bridgehead atoms. The van der Waals surface area contributed by atoms with E-state index >= 15 is 0 Å². The number of aromatic nitrogens is 2. The van der Waals surface area contributed by atoms with Crippen LogP contribution in [0.5, 0.6) is 0 Å². The molecule has 1 aromatic carbocycles. The van der Waals surface area contributed by atoms with Crippen molar-refractivity contribution in [2.75, 3.05) is 17.2 Å². The monoisotopic (exact) mass is 324 g/mol. The van der Waals surface area contributed by atoms with Gasteiger partial charge in [-0.3, -0.25) is 0 Å². The Bertz CT molecular complexity index is 621. The number of rotatable bonds is 7. The molecule has 0 amide bonds. The Hall–Kier alpha value is -2.10. The van der Waals surface area contributed by atoms with Gasteiger partial charge < -0.3 is 10.6 Å². The predicted molar refractivity (Wildman–Crippen MR) is 101 cm³/mol. The molecule has 0 saturated heterocycles. The molecule has 1 heterocycles. The predicted octanol–water partition coefficient (Wildman–Crippen LogP) is 5.10. The molecule has 1 aromatic heterocycles. The van der Waals surface area contributed by atoms with Crippen LogP contribution in [0, 0.1) is 0 Å². The zero-order chi connectivity index (χ0) is 16.6. The van der Waals surface area contributed by atoms with Gasteiger partial charge in [-0.15, -0.1) is 0 Å². The van der Waals surface area contributed by atoms with Crippen LogP contribution in [-0.2, 0) is 0 Å². The summed E-state index contributed by atoms with van der Waals surface area (Å²) in [5.74, 6) is 1.66. The Morgan fingerprint density at radius 2 is 1.83 bits per heavy atom. The normalized spacial score (nSPS) is 15.2. The molecule has 1 saturated carbocycles. The lowest BCUT2D eigenvalue weighted by Gasteiger charge is -2.23. The fourth-order valence-electron chi connectivity index (χ4n) is 3.18. The van der Waals surface area contributed by atoms with E-state index in [0.717, 1.165) is 36.0 Å². The van der Waals surface area contributed by atoms with Crippen LogP contribution in [0.3, 0.4) is 0 Å². The summed E-state index contributed by atoms with van der Waals surface area (Å²) in [6.45, 7) is 3.15. The van der Waals surface area contributed by atoms with Gasteiger partial charge in [0.15, 0.2) is 0 Å². The minimum Gasteiger partial charge on any atom is -0.370 e. The first-order valence-electron chi connectivity index (χ1n) is 9.30. The molecule has 3 rings (SSSR count). The Labute approximate surface area is 145 Å². The quantitative estimate of drug-likeness (QED) is 0.696. The second-order valence-electron chi connectivity index (χ2n) is 6.59. The molecule has 0 radical (unpaired) electrons. The molecule has 0 unspecified atom stereocenters. The second-order valence-corrected chi connectivity index (χ2v) is 6.59. The van der Waals surface area contributed by atoms with Crippen molar-refractivity contribution in [3.63, 3.8) is 0 Å². The van der Waals surface area contributed by atoms with E-state index in [0.29, 0.717) is 6.04 Å². The summed E-state index contributed by atoms with van der Waals surface area (Å²) in [4.78, 5) is 9.46. The van der Waals surface area contributed by atoms with Crippen LogP contribution in [-0.4, -0.2) is 22.6 Å². The van der Waals surface area contributed by atoms with E-state index in [4.69, 9.17) is 9.97 Å². The lowest BCUT2D eigenvalue weighted by molar-refractivity contribution is 0.461. The molecule has 0 aliphatic heterocycles. The minimum atomic E-state index is 0.508. The van der Waals surface area contributed by atoms with Crippen molar-refractivity contribution in [2.24, 2.45) is 0 Å². The second kappa shape index (κ2) is 8.67. The van der Waals surface area contributed by atoms with Gasteiger partial charge in [-0.05, 0) is 19.3 Å². The Morgan fingerprint density at radius 1 is 1.04 bits per heavy atom. The molecule has 2 aromatic rings. The summed E-state index contributed by atoms with van der Waals surface area (Å²) < 4.78 is 0. The van der Waals surface area contributed by atoms with Crippen molar-refractivity contribution in [3.8, 4) is 11.3 Å². The fourth-order valence-corrected chi connectivity index (χ4v) is 3.18. The van der Waals surface area contributed by atoms with Gasteiger partial charge in [0.2, 0.25) is 5.95 Å². The summed E-state index contributed by atoms with van der Waals surface area (Å²) >= 11 is 0. The van der Waals surface area contributed by atoms with Crippen LogP contribution >= 0.6 is 0 Å². The molecule has 1 aliphatic carbocycles. The maximum absolute atomic E-state index is 4.76. The number of anilines is 2. The van der Waals surface area contributed by atoms with Crippen molar-refractivity contribution in [1.82, 2.24) is 9.97 Å². The first kappa shape index (κ1) is 16.7. The van der Waals surface area contributed by atoms with E-state index in [1.54, 1.807) is 0 Å². The van der Waals surface area contributed by atoms with Crippen LogP contribution < -0.4 is 10.6 Å². The van der Waals surface area contributed by atoms with Gasteiger partial charge in [-0.25, -0.2) is 4.98 Å². The van der Waals surface area contributed by atoms with Crippen LogP contribution in [0.2, 0.25) is 0 Å². The van der Waals surface area contributed by atoms with E-state index < -0.39 is 0 Å². The van der Waals surface area contributed by atoms with E-state index in [1.807, 2.05) is 6.07 Å². The lowest BCUT2D eigenvalue weighted by atomic mass is 9.96. The third kappa shape index (κ3) is 4.70. The number of benzene rings is 1. The molecule has 2 N–H and O–H groups in total. The van der Waals surface area contributed by atoms with Gasteiger partial charge >= 0.3 is 0 Å². The Kier molecular flexibility index (Phi) is 6.05. The van der Waals surface area contributed by atoms with Crippen LogP contribution in [0.25, 0.3) is 11.3 Å². The summed E-state index contributed by atoms with van der Waals surface area (Å²) in [6.07, 6.45) is 8.73. The largest absolute Gasteiger partial charge is 0.370 e. The van der Waals surface area contributed by atoms with Gasteiger partial charge in [0.1, 0.15) is 5.82 Å². The molecule has 128 valence electrons. The molecular formula is C20H28N4. The highest BCUT2D eigenvalue weighted by atomic mass is 15.2. The highest BCUT2D eigenvalue weighted by molar-refractivity contribution is 5.64. The van der Waals surface area contributed by atoms with Gasteiger partial charge in [0.25, 0.3) is 0 Å². The van der Waals surface area contributed by atoms with Crippen molar-refractivity contribution in [3.05, 3.63) is 36.4 Å². The molecule has 24 heavy (non-hydrogen) atoms. The molecule has 0 spiro atoms. The first-order valence-corrected chi connectivity index (χ1v) is 9.30. The zero-order valence-corrected chi connectivity index (χ0v) is 14.6. The van der Waals surface area contributed by atoms with Crippen molar-refractivity contribution in [2.45, 2.75) is 57.9 Å². The SMILES string of the molecule is CCCCNc1cc(-c2ccccc2)nc(NC2CCCCC2)n1. The maximum atomic E-state index is 4.76. The zero-order valence-electron chi connectivity index (χ0n) is 14.6. The van der Waals surface area contributed by atoms with Gasteiger partial charge in [0.05, 0.1) is 5.69 Å². The van der Waals surface area contributed by atoms with E-state index in [2.05, 4.69) is 47.9 Å². The lowest BCUT2D eigenvalue weighted by Crippen LogP contribution is -2.23. The van der Waals surface area contributed by atoms with Gasteiger partial charge in [0, 0.05) is 24.2 Å². The third-order valence-corrected chi connectivity index (χ3v) is 4.57. The molecule has 0 atom stereocenters. The highest BCUT2D eigenvalue weighted by Gasteiger charge is 2.15. The number of nitrogens with zero attached hydrogens (tertiary/aromatic N) is 2. The third-order valence-electron chi connectivity index (χ3n) is 4.57. The minimum absolute atomic E-state index is 0.508. The molecular weight excluding hydrogens is 296 g/mol. The molecule has 1 fully saturated rings. The molecule has 4 nitrogen and oxygen atoms in total. The van der Waals surface area contributed by atoms with Crippen LogP contribution in [0.1, 0.15) is 51.9 Å². The topological polar surface area (TPSA) is 49.8 Å². The average molecular weight is 324 g/mol. The summed E-state index contributed by atoms with van der Waals surface area (Å²) in [6, 6.07) is 12.9. The number of hydrogen-bond donors (Lipinski definition) is 2. The van der Waals surface area contributed by atoms with E-state index in [1.165, 1.54) is 38.5 Å². The summed E-state index contributed by atoms with van der Waals surface area (Å²) in [5.41, 5.74) is 2.10. The van der Waals surface area contributed by atoms with Crippen molar-refractivity contribution in [1.29, 1.82) is 0 Å². The standard InChI is InChI=1S/C20H28N4/c1-2-3-14-21-19-15-18(16-10-6-4-7-11-16)23-20(24-19)22-17-12-8-5-9-13-17/h4,6-7,10-11,15,17H,2-3,5,8-9,12-14H2,1H3,(H2,21,22,23,24). The van der Waals surface area contributed by atoms with E-state index in [-0.39, 0.29) is 0 Å². The smallest absolute Gasteiger partial charge is 0.225 e. The van der Waals surface area contributed by atoms with E-state index in [9.17, 15) is 0 Å². The van der Waals surface area contributed by atoms with Gasteiger partial charge in [-0.1, -0.05) is 62.9 Å².